The molecule has 3 heterocycles. The summed E-state index contributed by atoms with van der Waals surface area (Å²) in [5.41, 5.74) is 0.650. The molecule has 0 radical (unpaired) electrons. The fourth-order valence-electron chi connectivity index (χ4n) is 2.48. The van der Waals surface area contributed by atoms with Gasteiger partial charge in [0.15, 0.2) is 6.61 Å². The molecule has 4 rings (SSSR count). The maximum absolute atomic E-state index is 11.9. The van der Waals surface area contributed by atoms with E-state index >= 15 is 0 Å². The summed E-state index contributed by atoms with van der Waals surface area (Å²) in [4.78, 5) is 11.9. The standard InChI is InChI=1S/C17H23O7P/c1-16(2,3)13-4-6-14(7-5-13)20-8-15(18)21-9-17-10-22-25(19,23-11-17)24-12-17/h4-7H,8-12H2,1-3H3. The molecule has 3 saturated heterocycles. The van der Waals surface area contributed by atoms with Crippen LogP contribution in [0.2, 0.25) is 0 Å². The molecule has 0 unspecified atom stereocenters. The lowest BCUT2D eigenvalue weighted by Crippen LogP contribution is -2.48. The molecule has 0 N–H and O–H groups in total. The molecule has 1 aromatic rings. The van der Waals surface area contributed by atoms with E-state index in [-0.39, 0.29) is 38.4 Å². The highest BCUT2D eigenvalue weighted by atomic mass is 31.2. The average Bonchev–Trinajstić information content (AvgIpc) is 2.59. The molecule has 138 valence electrons. The van der Waals surface area contributed by atoms with E-state index in [1.165, 1.54) is 5.56 Å². The first-order valence-electron chi connectivity index (χ1n) is 8.13. The molecule has 3 aliphatic rings. The second-order valence-corrected chi connectivity index (χ2v) is 9.16. The van der Waals surface area contributed by atoms with Crippen LogP contribution in [0.15, 0.2) is 24.3 Å². The number of phosphoric ester groups is 1. The predicted octanol–water partition coefficient (Wildman–Crippen LogP) is 3.08. The van der Waals surface area contributed by atoms with Crippen molar-refractivity contribution in [3.63, 3.8) is 0 Å². The van der Waals surface area contributed by atoms with Gasteiger partial charge in [-0.2, -0.15) is 0 Å². The number of esters is 1. The normalized spacial score (nSPS) is 28.6. The molecule has 2 bridgehead atoms. The van der Waals surface area contributed by atoms with Gasteiger partial charge in [-0.25, -0.2) is 9.36 Å². The highest BCUT2D eigenvalue weighted by molar-refractivity contribution is 7.48. The molecule has 0 saturated carbocycles. The predicted molar refractivity (Wildman–Crippen MR) is 89.5 cm³/mol. The Morgan fingerprint density at radius 1 is 1.12 bits per heavy atom. The zero-order chi connectivity index (χ0) is 18.1. The van der Waals surface area contributed by atoms with E-state index in [4.69, 9.17) is 23.0 Å². The van der Waals surface area contributed by atoms with Gasteiger partial charge in [0.1, 0.15) is 12.4 Å². The average molecular weight is 370 g/mol. The molecule has 0 atom stereocenters. The van der Waals surface area contributed by atoms with Gasteiger partial charge in [-0.1, -0.05) is 32.9 Å². The molecule has 0 aliphatic carbocycles. The number of benzene rings is 1. The van der Waals surface area contributed by atoms with Gasteiger partial charge in [0, 0.05) is 0 Å². The maximum atomic E-state index is 11.9. The van der Waals surface area contributed by atoms with Crippen LogP contribution in [-0.2, 0) is 33.1 Å². The number of phosphoric acid groups is 1. The third kappa shape index (κ3) is 4.42. The second-order valence-electron chi connectivity index (χ2n) is 7.49. The summed E-state index contributed by atoms with van der Waals surface area (Å²) < 4.78 is 37.5. The molecule has 8 heteroatoms. The summed E-state index contributed by atoms with van der Waals surface area (Å²) in [6.07, 6.45) is 0. The third-order valence-corrected chi connectivity index (χ3v) is 5.54. The Balaban J connectivity index is 1.45. The molecule has 0 amide bonds. The summed E-state index contributed by atoms with van der Waals surface area (Å²) in [5.74, 6) is 0.114. The first-order chi connectivity index (χ1) is 11.7. The molecule has 1 aromatic carbocycles. The van der Waals surface area contributed by atoms with Gasteiger partial charge in [-0.05, 0) is 23.1 Å². The summed E-state index contributed by atoms with van der Waals surface area (Å²) in [5, 5.41) is 0. The molecule has 3 aliphatic heterocycles. The molecular formula is C17H23O7P. The van der Waals surface area contributed by atoms with Gasteiger partial charge in [0.2, 0.25) is 0 Å². The van der Waals surface area contributed by atoms with Crippen molar-refractivity contribution in [3.05, 3.63) is 29.8 Å². The Morgan fingerprint density at radius 3 is 2.20 bits per heavy atom. The molecule has 0 aromatic heterocycles. The SMILES string of the molecule is CC(C)(C)c1ccc(OCC(=O)OCC23COP(=O)(OC2)OC3)cc1. The van der Waals surface area contributed by atoms with E-state index in [1.807, 2.05) is 24.3 Å². The summed E-state index contributed by atoms with van der Waals surface area (Å²) in [6, 6.07) is 7.63. The van der Waals surface area contributed by atoms with E-state index in [0.29, 0.717) is 5.75 Å². The van der Waals surface area contributed by atoms with E-state index in [9.17, 15) is 9.36 Å². The number of ether oxygens (including phenoxy) is 2. The monoisotopic (exact) mass is 370 g/mol. The number of carbonyl (C=O) groups excluding carboxylic acids is 1. The van der Waals surface area contributed by atoms with Crippen LogP contribution in [0.3, 0.4) is 0 Å². The van der Waals surface area contributed by atoms with Crippen molar-refractivity contribution in [1.29, 1.82) is 0 Å². The van der Waals surface area contributed by atoms with Crippen molar-refractivity contribution in [2.45, 2.75) is 26.2 Å². The lowest BCUT2D eigenvalue weighted by atomic mass is 9.87. The van der Waals surface area contributed by atoms with E-state index < -0.39 is 19.2 Å². The highest BCUT2D eigenvalue weighted by Crippen LogP contribution is 2.59. The Labute approximate surface area is 147 Å². The topological polar surface area (TPSA) is 80.3 Å². The molecule has 7 nitrogen and oxygen atoms in total. The fourth-order valence-corrected chi connectivity index (χ4v) is 4.00. The van der Waals surface area contributed by atoms with Crippen LogP contribution in [0.25, 0.3) is 0 Å². The summed E-state index contributed by atoms with van der Waals surface area (Å²) >= 11 is 0. The van der Waals surface area contributed by atoms with Crippen molar-refractivity contribution >= 4 is 13.8 Å². The quantitative estimate of drug-likeness (QED) is 0.582. The van der Waals surface area contributed by atoms with Crippen LogP contribution in [0, 0.1) is 5.41 Å². The Hall–Kier alpha value is -1.40. The zero-order valence-corrected chi connectivity index (χ0v) is 15.5. The van der Waals surface area contributed by atoms with Crippen LogP contribution in [-0.4, -0.2) is 39.0 Å². The van der Waals surface area contributed by atoms with Crippen LogP contribution in [0.5, 0.6) is 5.75 Å². The molecular weight excluding hydrogens is 347 g/mol. The number of hydrogen-bond acceptors (Lipinski definition) is 7. The Kier molecular flexibility index (Phi) is 4.95. The minimum atomic E-state index is -3.35. The third-order valence-electron chi connectivity index (χ3n) is 4.20. The number of rotatable bonds is 5. The van der Waals surface area contributed by atoms with Gasteiger partial charge in [0.25, 0.3) is 0 Å². The summed E-state index contributed by atoms with van der Waals surface area (Å²) in [6.45, 7) is 6.83. The maximum Gasteiger partial charge on any atom is 0.474 e. The van der Waals surface area contributed by atoms with Crippen molar-refractivity contribution in [1.82, 2.24) is 0 Å². The molecule has 25 heavy (non-hydrogen) atoms. The van der Waals surface area contributed by atoms with Crippen LogP contribution in [0.1, 0.15) is 26.3 Å². The smallest absolute Gasteiger partial charge is 0.474 e. The van der Waals surface area contributed by atoms with Crippen molar-refractivity contribution in [3.8, 4) is 5.75 Å². The van der Waals surface area contributed by atoms with Gasteiger partial charge in [-0.15, -0.1) is 0 Å². The Bertz CT molecular complexity index is 646. The number of carbonyl (C=O) groups is 1. The van der Waals surface area contributed by atoms with Gasteiger partial charge in [0.05, 0.1) is 25.2 Å². The van der Waals surface area contributed by atoms with Crippen LogP contribution >= 0.6 is 7.82 Å². The fraction of sp³-hybridized carbons (Fsp3) is 0.588. The van der Waals surface area contributed by atoms with Crippen molar-refractivity contribution in [2.24, 2.45) is 5.41 Å². The summed E-state index contributed by atoms with van der Waals surface area (Å²) in [7, 11) is -3.35. The molecule has 3 fully saturated rings. The lowest BCUT2D eigenvalue weighted by Gasteiger charge is -2.43. The van der Waals surface area contributed by atoms with Crippen LogP contribution < -0.4 is 4.74 Å². The second kappa shape index (κ2) is 6.72. The first-order valence-corrected chi connectivity index (χ1v) is 9.59. The van der Waals surface area contributed by atoms with E-state index in [0.717, 1.165) is 0 Å². The molecule has 0 spiro atoms. The van der Waals surface area contributed by atoms with Crippen LogP contribution in [0.4, 0.5) is 0 Å². The number of hydrogen-bond donors (Lipinski definition) is 0. The van der Waals surface area contributed by atoms with Gasteiger partial charge < -0.3 is 9.47 Å². The van der Waals surface area contributed by atoms with Crippen molar-refractivity contribution < 1.29 is 32.4 Å². The highest BCUT2D eigenvalue weighted by Gasteiger charge is 2.51. The van der Waals surface area contributed by atoms with Crippen molar-refractivity contribution in [2.75, 3.05) is 33.0 Å². The van der Waals surface area contributed by atoms with Gasteiger partial charge >= 0.3 is 13.8 Å². The Morgan fingerprint density at radius 2 is 1.68 bits per heavy atom. The lowest BCUT2D eigenvalue weighted by molar-refractivity contribution is -0.161. The first kappa shape index (κ1) is 18.4. The number of fused-ring (bicyclic) bond motifs is 3. The zero-order valence-electron chi connectivity index (χ0n) is 14.6. The van der Waals surface area contributed by atoms with E-state index in [1.54, 1.807) is 0 Å². The minimum absolute atomic E-state index is 0.0624. The van der Waals surface area contributed by atoms with Gasteiger partial charge in [-0.3, -0.25) is 13.6 Å². The minimum Gasteiger partial charge on any atom is -0.482 e. The van der Waals surface area contributed by atoms with E-state index in [2.05, 4.69) is 20.8 Å². The largest absolute Gasteiger partial charge is 0.482 e.